The van der Waals surface area contributed by atoms with Crippen LogP contribution in [0.4, 0.5) is 0 Å². The van der Waals surface area contributed by atoms with E-state index in [9.17, 15) is 18.0 Å². The summed E-state index contributed by atoms with van der Waals surface area (Å²) in [5, 5.41) is 2.66. The number of halogens is 1. The van der Waals surface area contributed by atoms with Gasteiger partial charge in [0.05, 0.1) is 18.1 Å². The Morgan fingerprint density at radius 1 is 1.19 bits per heavy atom. The van der Waals surface area contributed by atoms with Crippen molar-refractivity contribution in [3.05, 3.63) is 29.3 Å². The van der Waals surface area contributed by atoms with Crippen molar-refractivity contribution in [3.8, 4) is 0 Å². The molecule has 0 bridgehead atoms. The molecule has 0 atom stereocenters. The van der Waals surface area contributed by atoms with Crippen molar-refractivity contribution in [1.29, 1.82) is 0 Å². The summed E-state index contributed by atoms with van der Waals surface area (Å²) < 4.78 is 26.8. The molecule has 0 aromatic heterocycles. The summed E-state index contributed by atoms with van der Waals surface area (Å²) in [6.45, 7) is 1.57. The number of hydrogen-bond donors (Lipinski definition) is 1. The first-order valence-electron chi connectivity index (χ1n) is 8.17. The van der Waals surface area contributed by atoms with Crippen LogP contribution in [-0.2, 0) is 19.6 Å². The van der Waals surface area contributed by atoms with E-state index >= 15 is 0 Å². The van der Waals surface area contributed by atoms with Gasteiger partial charge >= 0.3 is 0 Å². The zero-order valence-corrected chi connectivity index (χ0v) is 16.4. The number of nitrogens with zero attached hydrogens (tertiary/aromatic N) is 3. The van der Waals surface area contributed by atoms with Gasteiger partial charge in [-0.25, -0.2) is 8.42 Å². The molecule has 0 radical (unpaired) electrons. The number of piperazine rings is 1. The summed E-state index contributed by atoms with van der Waals surface area (Å²) in [7, 11) is -0.575. The van der Waals surface area contributed by atoms with Crippen LogP contribution in [0.25, 0.3) is 0 Å². The van der Waals surface area contributed by atoms with E-state index in [1.807, 2.05) is 4.90 Å². The van der Waals surface area contributed by atoms with Crippen LogP contribution in [-0.4, -0.2) is 87.7 Å². The third kappa shape index (κ3) is 4.94. The Hall–Kier alpha value is -1.68. The molecule has 0 saturated carbocycles. The lowest BCUT2D eigenvalue weighted by molar-refractivity contribution is -0.135. The average molecular weight is 403 g/mol. The van der Waals surface area contributed by atoms with Gasteiger partial charge in [0.1, 0.15) is 4.90 Å². The summed E-state index contributed by atoms with van der Waals surface area (Å²) in [6.07, 6.45) is 0. The first-order chi connectivity index (χ1) is 12.3. The second-order valence-electron chi connectivity index (χ2n) is 6.03. The van der Waals surface area contributed by atoms with Gasteiger partial charge in [0.25, 0.3) is 0 Å². The summed E-state index contributed by atoms with van der Waals surface area (Å²) in [5.41, 5.74) is 0. The maximum absolute atomic E-state index is 12.7. The van der Waals surface area contributed by atoms with Crippen LogP contribution in [0.15, 0.2) is 29.2 Å². The molecule has 1 aromatic carbocycles. The van der Waals surface area contributed by atoms with E-state index < -0.39 is 10.0 Å². The summed E-state index contributed by atoms with van der Waals surface area (Å²) in [5.74, 6) is -0.424. The molecular formula is C16H23ClN4O4S. The topological polar surface area (TPSA) is 90.0 Å². The van der Waals surface area contributed by atoms with E-state index in [1.54, 1.807) is 25.2 Å². The van der Waals surface area contributed by atoms with Gasteiger partial charge in [0.2, 0.25) is 21.8 Å². The van der Waals surface area contributed by atoms with Crippen LogP contribution in [0.5, 0.6) is 0 Å². The molecule has 2 amide bonds. The van der Waals surface area contributed by atoms with Crippen LogP contribution in [0.1, 0.15) is 0 Å². The molecule has 2 rings (SSSR count). The van der Waals surface area contributed by atoms with Crippen molar-refractivity contribution in [1.82, 2.24) is 19.4 Å². The quantitative estimate of drug-likeness (QED) is 0.714. The van der Waals surface area contributed by atoms with Gasteiger partial charge in [-0.1, -0.05) is 23.7 Å². The lowest BCUT2D eigenvalue weighted by Gasteiger charge is -2.34. The highest BCUT2D eigenvalue weighted by atomic mass is 35.5. The normalized spacial score (nSPS) is 16.3. The molecule has 26 heavy (non-hydrogen) atoms. The average Bonchev–Trinajstić information content (AvgIpc) is 2.62. The number of nitrogens with one attached hydrogen (secondary N) is 1. The van der Waals surface area contributed by atoms with Crippen LogP contribution < -0.4 is 5.32 Å². The fourth-order valence-corrected chi connectivity index (χ4v) is 4.53. The van der Waals surface area contributed by atoms with E-state index in [-0.39, 0.29) is 47.9 Å². The van der Waals surface area contributed by atoms with Crippen LogP contribution >= 0.6 is 11.6 Å². The fraction of sp³-hybridized carbons (Fsp3) is 0.500. The van der Waals surface area contributed by atoms with Crippen molar-refractivity contribution >= 4 is 33.4 Å². The number of likely N-dealkylation sites (N-methyl/N-ethyl adjacent to an activating group) is 2. The van der Waals surface area contributed by atoms with E-state index in [0.717, 1.165) is 0 Å². The molecule has 1 fully saturated rings. The number of rotatable bonds is 6. The molecule has 8 nitrogen and oxygen atoms in total. The highest BCUT2D eigenvalue weighted by Gasteiger charge is 2.30. The molecular weight excluding hydrogens is 380 g/mol. The number of carbonyl (C=O) groups excluding carboxylic acids is 2. The van der Waals surface area contributed by atoms with E-state index in [2.05, 4.69) is 5.32 Å². The molecule has 1 heterocycles. The molecule has 1 N–H and O–H groups in total. The van der Waals surface area contributed by atoms with Gasteiger partial charge in [-0.05, 0) is 12.1 Å². The molecule has 0 unspecified atom stereocenters. The fourth-order valence-electron chi connectivity index (χ4n) is 2.62. The minimum Gasteiger partial charge on any atom is -0.358 e. The number of amides is 2. The first-order valence-corrected chi connectivity index (χ1v) is 9.99. The smallest absolute Gasteiger partial charge is 0.244 e. The molecule has 0 aliphatic carbocycles. The van der Waals surface area contributed by atoms with Crippen LogP contribution in [0.2, 0.25) is 5.02 Å². The van der Waals surface area contributed by atoms with Gasteiger partial charge in [0, 0.05) is 40.3 Å². The van der Waals surface area contributed by atoms with Crippen molar-refractivity contribution in [2.75, 3.05) is 53.4 Å². The Morgan fingerprint density at radius 3 is 2.38 bits per heavy atom. The Balaban J connectivity index is 1.92. The number of sulfonamides is 1. The molecule has 1 aromatic rings. The summed E-state index contributed by atoms with van der Waals surface area (Å²) in [6, 6.07) is 6.35. The van der Waals surface area contributed by atoms with Crippen molar-refractivity contribution in [2.45, 2.75) is 4.90 Å². The van der Waals surface area contributed by atoms with Gasteiger partial charge in [0.15, 0.2) is 0 Å². The second-order valence-corrected chi connectivity index (χ2v) is 8.35. The van der Waals surface area contributed by atoms with Crippen molar-refractivity contribution < 1.29 is 18.0 Å². The molecule has 0 spiro atoms. The monoisotopic (exact) mass is 402 g/mol. The molecule has 1 aliphatic rings. The zero-order valence-electron chi connectivity index (χ0n) is 14.8. The van der Waals surface area contributed by atoms with E-state index in [0.29, 0.717) is 13.1 Å². The predicted molar refractivity (Wildman–Crippen MR) is 98.4 cm³/mol. The van der Waals surface area contributed by atoms with Crippen LogP contribution in [0, 0.1) is 0 Å². The number of benzene rings is 1. The highest BCUT2D eigenvalue weighted by molar-refractivity contribution is 7.89. The van der Waals surface area contributed by atoms with Gasteiger partial charge in [-0.2, -0.15) is 4.31 Å². The third-order valence-electron chi connectivity index (χ3n) is 4.23. The SMILES string of the molecule is CNC(=O)CN(C)C(=O)CN1CCN(S(=O)(=O)c2ccccc2Cl)CC1. The summed E-state index contributed by atoms with van der Waals surface area (Å²) in [4.78, 5) is 26.8. The van der Waals surface area contributed by atoms with E-state index in [4.69, 9.17) is 11.6 Å². The Morgan fingerprint density at radius 2 is 1.81 bits per heavy atom. The number of hydrogen-bond acceptors (Lipinski definition) is 5. The molecule has 1 aliphatic heterocycles. The lowest BCUT2D eigenvalue weighted by Crippen LogP contribution is -2.51. The summed E-state index contributed by atoms with van der Waals surface area (Å²) >= 11 is 6.01. The zero-order chi connectivity index (χ0) is 19.3. The maximum atomic E-state index is 12.7. The minimum atomic E-state index is -3.65. The standard InChI is InChI=1S/C16H23ClN4O4S/c1-18-15(22)11-19(2)16(23)12-20-7-9-21(10-8-20)26(24,25)14-6-4-3-5-13(14)17/h3-6H,7-12H2,1-2H3,(H,18,22). The molecule has 1 saturated heterocycles. The molecule has 144 valence electrons. The highest BCUT2D eigenvalue weighted by Crippen LogP contribution is 2.24. The minimum absolute atomic E-state index is 0.00379. The van der Waals surface area contributed by atoms with Crippen molar-refractivity contribution in [2.24, 2.45) is 0 Å². The second kappa shape index (κ2) is 8.81. The van der Waals surface area contributed by atoms with Crippen molar-refractivity contribution in [3.63, 3.8) is 0 Å². The lowest BCUT2D eigenvalue weighted by atomic mass is 10.3. The number of carbonyl (C=O) groups is 2. The van der Waals surface area contributed by atoms with Crippen LogP contribution in [0.3, 0.4) is 0 Å². The maximum Gasteiger partial charge on any atom is 0.244 e. The van der Waals surface area contributed by atoms with Gasteiger partial charge < -0.3 is 10.2 Å². The third-order valence-corrected chi connectivity index (χ3v) is 6.63. The molecule has 10 heteroatoms. The Bertz CT molecular complexity index is 763. The first kappa shape index (κ1) is 20.6. The van der Waals surface area contributed by atoms with Gasteiger partial charge in [-0.15, -0.1) is 0 Å². The Labute approximate surface area is 158 Å². The Kier molecular flexibility index (Phi) is 6.99. The van der Waals surface area contributed by atoms with Gasteiger partial charge in [-0.3, -0.25) is 14.5 Å². The van der Waals surface area contributed by atoms with E-state index in [1.165, 1.54) is 22.3 Å². The predicted octanol–water partition coefficient (Wildman–Crippen LogP) is -0.149. The largest absolute Gasteiger partial charge is 0.358 e.